The Kier molecular flexibility index (Phi) is 5.32. The summed E-state index contributed by atoms with van der Waals surface area (Å²) < 4.78 is 0. The average molecular weight is 300 g/mol. The van der Waals surface area contributed by atoms with Gasteiger partial charge >= 0.3 is 0 Å². The fourth-order valence-corrected chi connectivity index (χ4v) is 4.89. The van der Waals surface area contributed by atoms with E-state index in [0.29, 0.717) is 15.3 Å². The molecule has 0 saturated carbocycles. The summed E-state index contributed by atoms with van der Waals surface area (Å²) in [4.78, 5) is 1.01. The Morgan fingerprint density at radius 2 is 1.70 bits per heavy atom. The normalized spacial score (nSPS) is 10.8. The van der Waals surface area contributed by atoms with Crippen LogP contribution in [0.1, 0.15) is 25.0 Å². The van der Waals surface area contributed by atoms with Crippen molar-refractivity contribution < 1.29 is 5.11 Å². The average Bonchev–Trinajstić information content (AvgIpc) is 2.47. The summed E-state index contributed by atoms with van der Waals surface area (Å²) in [6.45, 7) is 4.43. The number of phenols is 1. The molecule has 0 aromatic heterocycles. The van der Waals surface area contributed by atoms with E-state index in [0.717, 1.165) is 17.7 Å². The molecular formula is C17H20OSSi. The van der Waals surface area contributed by atoms with Crippen LogP contribution in [0.25, 0.3) is 0 Å². The predicted molar refractivity (Wildman–Crippen MR) is 90.1 cm³/mol. The van der Waals surface area contributed by atoms with Gasteiger partial charge in [-0.25, -0.2) is 0 Å². The Balaban J connectivity index is 2.42. The number of hydrogen-bond acceptors (Lipinski definition) is 2. The van der Waals surface area contributed by atoms with Crippen molar-refractivity contribution in [2.75, 3.05) is 6.26 Å². The van der Waals surface area contributed by atoms with Gasteiger partial charge < -0.3 is 5.11 Å². The molecule has 20 heavy (non-hydrogen) atoms. The Morgan fingerprint density at radius 1 is 1.00 bits per heavy atom. The first kappa shape index (κ1) is 15.2. The molecule has 0 bridgehead atoms. The van der Waals surface area contributed by atoms with Crippen molar-refractivity contribution in [3.8, 4) is 5.75 Å². The molecule has 0 spiro atoms. The van der Waals surface area contributed by atoms with Crippen LogP contribution in [0.5, 0.6) is 5.75 Å². The van der Waals surface area contributed by atoms with E-state index < -0.39 is 0 Å². The third kappa shape index (κ3) is 3.10. The molecule has 1 nitrogen and oxygen atoms in total. The molecule has 0 atom stereocenters. The van der Waals surface area contributed by atoms with E-state index in [4.69, 9.17) is 0 Å². The van der Waals surface area contributed by atoms with Crippen LogP contribution < -0.4 is 10.4 Å². The first-order valence-corrected chi connectivity index (χ1v) is 9.17. The molecule has 0 aliphatic carbocycles. The second-order valence-corrected chi connectivity index (χ2v) is 6.78. The molecule has 0 saturated heterocycles. The van der Waals surface area contributed by atoms with E-state index >= 15 is 0 Å². The fourth-order valence-electron chi connectivity index (χ4n) is 2.48. The van der Waals surface area contributed by atoms with Gasteiger partial charge in [-0.1, -0.05) is 49.4 Å². The standard InChI is InChI=1S/C17H20OSSi/c1-4-12-8-6-10-15(13(12)5-2)20-16-11-7-9-14(18)17(16)19-3/h6-11,18H,4-5H2,1-3H3. The van der Waals surface area contributed by atoms with Gasteiger partial charge in [-0.2, -0.15) is 0 Å². The lowest BCUT2D eigenvalue weighted by molar-refractivity contribution is 0.463. The second-order valence-electron chi connectivity index (χ2n) is 4.63. The summed E-state index contributed by atoms with van der Waals surface area (Å²) in [6.07, 6.45) is 4.17. The molecular weight excluding hydrogens is 280 g/mol. The maximum atomic E-state index is 9.98. The zero-order valence-corrected chi connectivity index (χ0v) is 14.1. The van der Waals surface area contributed by atoms with Crippen molar-refractivity contribution >= 4 is 31.7 Å². The van der Waals surface area contributed by atoms with E-state index in [9.17, 15) is 5.11 Å². The Morgan fingerprint density at radius 3 is 2.35 bits per heavy atom. The molecule has 3 heteroatoms. The largest absolute Gasteiger partial charge is 0.507 e. The lowest BCUT2D eigenvalue weighted by Gasteiger charge is -2.14. The SMILES string of the molecule is CCc1cccc([Si]c2cccc(O)c2SC)c1CC. The van der Waals surface area contributed by atoms with Gasteiger partial charge in [0.15, 0.2) is 0 Å². The highest BCUT2D eigenvalue weighted by Crippen LogP contribution is 2.23. The van der Waals surface area contributed by atoms with Gasteiger partial charge in [0.2, 0.25) is 0 Å². The highest BCUT2D eigenvalue weighted by molar-refractivity contribution is 7.99. The van der Waals surface area contributed by atoms with Crippen molar-refractivity contribution in [3.63, 3.8) is 0 Å². The number of aryl methyl sites for hydroxylation is 1. The molecule has 2 aromatic rings. The summed E-state index contributed by atoms with van der Waals surface area (Å²) >= 11 is 1.62. The van der Waals surface area contributed by atoms with Crippen molar-refractivity contribution in [1.29, 1.82) is 0 Å². The Hall–Kier alpha value is -1.19. The predicted octanol–water partition coefficient (Wildman–Crippen LogP) is 2.89. The Labute approximate surface area is 128 Å². The molecule has 0 amide bonds. The van der Waals surface area contributed by atoms with Crippen LogP contribution in [0.4, 0.5) is 0 Å². The van der Waals surface area contributed by atoms with Crippen LogP contribution in [0, 0.1) is 0 Å². The van der Waals surface area contributed by atoms with E-state index in [1.165, 1.54) is 21.5 Å². The first-order valence-electron chi connectivity index (χ1n) is 6.95. The zero-order chi connectivity index (χ0) is 14.5. The highest BCUT2D eigenvalue weighted by atomic mass is 32.2. The lowest BCUT2D eigenvalue weighted by Crippen LogP contribution is -2.31. The maximum absolute atomic E-state index is 9.98. The molecule has 2 rings (SSSR count). The molecule has 0 aliphatic heterocycles. The topological polar surface area (TPSA) is 20.2 Å². The quantitative estimate of drug-likeness (QED) is 0.677. The number of rotatable bonds is 5. The van der Waals surface area contributed by atoms with Gasteiger partial charge in [0.1, 0.15) is 15.3 Å². The van der Waals surface area contributed by atoms with Crippen LogP contribution in [0.3, 0.4) is 0 Å². The van der Waals surface area contributed by atoms with Gasteiger partial charge in [-0.05, 0) is 41.5 Å². The molecule has 0 heterocycles. The molecule has 0 unspecified atom stereocenters. The van der Waals surface area contributed by atoms with Gasteiger partial charge in [-0.3, -0.25) is 0 Å². The zero-order valence-electron chi connectivity index (χ0n) is 12.2. The van der Waals surface area contributed by atoms with Crippen LogP contribution in [0.2, 0.25) is 0 Å². The summed E-state index contributed by atoms with van der Waals surface area (Å²) in [5.74, 6) is 0.396. The van der Waals surface area contributed by atoms with E-state index in [1.807, 2.05) is 12.3 Å². The maximum Gasteiger partial charge on any atom is 0.128 e. The number of thioether (sulfide) groups is 1. The van der Waals surface area contributed by atoms with Gasteiger partial charge in [0.25, 0.3) is 0 Å². The van der Waals surface area contributed by atoms with Crippen LogP contribution >= 0.6 is 11.8 Å². The van der Waals surface area contributed by atoms with E-state index in [2.05, 4.69) is 38.1 Å². The van der Waals surface area contributed by atoms with Gasteiger partial charge in [0, 0.05) is 4.90 Å². The fraction of sp³-hybridized carbons (Fsp3) is 0.294. The highest BCUT2D eigenvalue weighted by Gasteiger charge is 2.12. The first-order chi connectivity index (χ1) is 9.71. The summed E-state index contributed by atoms with van der Waals surface area (Å²) in [5, 5.41) is 12.6. The molecule has 2 radical (unpaired) electrons. The lowest BCUT2D eigenvalue weighted by atomic mass is 10.0. The second kappa shape index (κ2) is 7.00. The molecule has 0 aliphatic rings. The summed E-state index contributed by atoms with van der Waals surface area (Å²) in [5.41, 5.74) is 2.92. The molecule has 1 N–H and O–H groups in total. The molecule has 104 valence electrons. The van der Waals surface area contributed by atoms with Crippen molar-refractivity contribution in [1.82, 2.24) is 0 Å². The minimum absolute atomic E-state index is 0.396. The van der Waals surface area contributed by atoms with Crippen molar-refractivity contribution in [2.24, 2.45) is 0 Å². The minimum atomic E-state index is 0.396. The molecule has 0 fully saturated rings. The van der Waals surface area contributed by atoms with Crippen molar-refractivity contribution in [3.05, 3.63) is 47.5 Å². The number of benzene rings is 2. The number of phenolic OH excluding ortho intramolecular Hbond substituents is 1. The van der Waals surface area contributed by atoms with Gasteiger partial charge in [-0.15, -0.1) is 11.8 Å². The number of hydrogen-bond donors (Lipinski definition) is 1. The van der Waals surface area contributed by atoms with Crippen LogP contribution in [0.15, 0.2) is 41.3 Å². The minimum Gasteiger partial charge on any atom is -0.507 e. The monoisotopic (exact) mass is 300 g/mol. The third-order valence-electron chi connectivity index (χ3n) is 3.48. The Bertz CT molecular complexity index is 596. The molecule has 2 aromatic carbocycles. The van der Waals surface area contributed by atoms with Crippen LogP contribution in [-0.4, -0.2) is 20.9 Å². The third-order valence-corrected chi connectivity index (χ3v) is 5.92. The number of aromatic hydroxyl groups is 1. The summed E-state index contributed by atoms with van der Waals surface area (Å²) in [6, 6.07) is 12.4. The van der Waals surface area contributed by atoms with Crippen LogP contribution in [-0.2, 0) is 12.8 Å². The van der Waals surface area contributed by atoms with Gasteiger partial charge in [0.05, 0.1) is 0 Å². The van der Waals surface area contributed by atoms with E-state index in [1.54, 1.807) is 17.8 Å². The van der Waals surface area contributed by atoms with E-state index in [-0.39, 0.29) is 0 Å². The smallest absolute Gasteiger partial charge is 0.128 e. The van der Waals surface area contributed by atoms with Crippen molar-refractivity contribution in [2.45, 2.75) is 31.6 Å². The summed E-state index contributed by atoms with van der Waals surface area (Å²) in [7, 11) is 0.603.